The van der Waals surface area contributed by atoms with Crippen LogP contribution in [0, 0.1) is 34.1 Å². The van der Waals surface area contributed by atoms with Crippen LogP contribution in [0.5, 0.6) is 0 Å². The molecule has 0 fully saturated rings. The Morgan fingerprint density at radius 3 is 2.07 bits per heavy atom. The van der Waals surface area contributed by atoms with Crippen molar-refractivity contribution in [3.05, 3.63) is 73.3 Å². The molecule has 1 aromatic heterocycles. The van der Waals surface area contributed by atoms with Crippen LogP contribution in [0.25, 0.3) is 10.6 Å². The Morgan fingerprint density at radius 1 is 0.926 bits per heavy atom. The summed E-state index contributed by atoms with van der Waals surface area (Å²) in [5.41, 5.74) is 3.16. The summed E-state index contributed by atoms with van der Waals surface area (Å²) >= 11 is 2.75. The van der Waals surface area contributed by atoms with E-state index < -0.39 is 9.85 Å². The van der Waals surface area contributed by atoms with E-state index in [0.717, 1.165) is 27.8 Å². The summed E-state index contributed by atoms with van der Waals surface area (Å²) in [5.74, 6) is 0.323. The maximum atomic E-state index is 11.0. The first-order valence-electron chi connectivity index (χ1n) is 7.79. The number of nitrogens with zero attached hydrogens (tertiary/aromatic N) is 4. The Hall–Kier alpha value is -2.85. The van der Waals surface area contributed by atoms with E-state index in [9.17, 15) is 20.2 Å². The van der Waals surface area contributed by atoms with Crippen LogP contribution in [-0.4, -0.2) is 20.0 Å². The highest BCUT2D eigenvalue weighted by Crippen LogP contribution is 2.33. The summed E-state index contributed by atoms with van der Waals surface area (Å²) in [6.07, 6.45) is 0. The average Bonchev–Trinajstić information content (AvgIpc) is 3.08. The number of nitro benzene ring substituents is 2. The fourth-order valence-electron chi connectivity index (χ4n) is 2.58. The van der Waals surface area contributed by atoms with Gasteiger partial charge in [-0.15, -0.1) is 10.2 Å². The monoisotopic (exact) mass is 402 g/mol. The van der Waals surface area contributed by atoms with Crippen LogP contribution in [0.2, 0.25) is 0 Å². The van der Waals surface area contributed by atoms with Gasteiger partial charge in [0.2, 0.25) is 0 Å². The molecule has 0 saturated heterocycles. The lowest BCUT2D eigenvalue weighted by Gasteiger charge is -2.01. The summed E-state index contributed by atoms with van der Waals surface area (Å²) in [5, 5.41) is 31.1. The van der Waals surface area contributed by atoms with Gasteiger partial charge in [0.05, 0.1) is 15.9 Å². The molecule has 0 unspecified atom stereocenters. The Bertz CT molecular complexity index is 983. The predicted molar refractivity (Wildman–Crippen MR) is 104 cm³/mol. The van der Waals surface area contributed by atoms with Gasteiger partial charge in [0.1, 0.15) is 5.01 Å². The maximum Gasteiger partial charge on any atom is 0.276 e. The van der Waals surface area contributed by atoms with Crippen LogP contribution in [0.3, 0.4) is 0 Å². The highest BCUT2D eigenvalue weighted by Gasteiger charge is 2.17. The number of nitro groups is 2. The second-order valence-corrected chi connectivity index (χ2v) is 8.11. The van der Waals surface area contributed by atoms with Gasteiger partial charge in [0.15, 0.2) is 4.34 Å². The van der Waals surface area contributed by atoms with Crippen LogP contribution >= 0.6 is 23.1 Å². The van der Waals surface area contributed by atoms with Crippen molar-refractivity contribution in [3.63, 3.8) is 0 Å². The van der Waals surface area contributed by atoms with Crippen molar-refractivity contribution >= 4 is 34.5 Å². The van der Waals surface area contributed by atoms with E-state index in [-0.39, 0.29) is 11.4 Å². The molecule has 2 aromatic carbocycles. The molecular formula is C17H14N4O4S2. The van der Waals surface area contributed by atoms with Gasteiger partial charge in [-0.1, -0.05) is 40.3 Å². The third-order valence-electron chi connectivity index (χ3n) is 3.62. The topological polar surface area (TPSA) is 112 Å². The molecule has 0 saturated carbocycles. The molecular weight excluding hydrogens is 388 g/mol. The zero-order chi connectivity index (χ0) is 19.6. The van der Waals surface area contributed by atoms with E-state index in [1.807, 2.05) is 26.0 Å². The predicted octanol–water partition coefficient (Wildman–Crippen LogP) is 4.93. The van der Waals surface area contributed by atoms with Gasteiger partial charge in [-0.2, -0.15) is 0 Å². The molecule has 0 N–H and O–H groups in total. The molecule has 0 bridgehead atoms. The van der Waals surface area contributed by atoms with Gasteiger partial charge in [-0.3, -0.25) is 20.2 Å². The Kier molecular flexibility index (Phi) is 5.47. The van der Waals surface area contributed by atoms with E-state index in [0.29, 0.717) is 15.7 Å². The van der Waals surface area contributed by atoms with Crippen molar-refractivity contribution in [2.75, 3.05) is 0 Å². The first-order chi connectivity index (χ1) is 12.8. The smallest absolute Gasteiger partial charge is 0.258 e. The number of non-ortho nitro benzene ring substituents is 2. The molecule has 0 aliphatic heterocycles. The van der Waals surface area contributed by atoms with Gasteiger partial charge in [0, 0.05) is 23.4 Å². The number of thioether (sulfide) groups is 1. The SMILES string of the molecule is Cc1cc(C)cc(-c2nnc(SCc3cc([N+](=O)[O-])cc([N+](=O)[O-])c3)s2)c1. The van der Waals surface area contributed by atoms with Crippen molar-refractivity contribution in [2.45, 2.75) is 23.9 Å². The van der Waals surface area contributed by atoms with Gasteiger partial charge in [0.25, 0.3) is 11.4 Å². The van der Waals surface area contributed by atoms with Crippen molar-refractivity contribution < 1.29 is 9.85 Å². The van der Waals surface area contributed by atoms with E-state index in [1.165, 1.54) is 35.2 Å². The third-order valence-corrected chi connectivity index (χ3v) is 5.80. The fraction of sp³-hybridized carbons (Fsp3) is 0.176. The minimum absolute atomic E-state index is 0.298. The highest BCUT2D eigenvalue weighted by molar-refractivity contribution is 8.00. The van der Waals surface area contributed by atoms with E-state index >= 15 is 0 Å². The molecule has 0 radical (unpaired) electrons. The number of rotatable bonds is 6. The van der Waals surface area contributed by atoms with Crippen molar-refractivity contribution in [2.24, 2.45) is 0 Å². The number of hydrogen-bond donors (Lipinski definition) is 0. The molecule has 27 heavy (non-hydrogen) atoms. The second-order valence-electron chi connectivity index (χ2n) is 5.91. The van der Waals surface area contributed by atoms with E-state index in [1.54, 1.807) is 0 Å². The van der Waals surface area contributed by atoms with Crippen molar-refractivity contribution in [1.82, 2.24) is 10.2 Å². The first-order valence-corrected chi connectivity index (χ1v) is 9.60. The van der Waals surface area contributed by atoms with Gasteiger partial charge >= 0.3 is 0 Å². The normalized spacial score (nSPS) is 10.7. The number of aryl methyl sites for hydroxylation is 2. The summed E-state index contributed by atoms with van der Waals surface area (Å²) < 4.78 is 0.693. The van der Waals surface area contributed by atoms with Gasteiger partial charge < -0.3 is 0 Å². The molecule has 0 amide bonds. The zero-order valence-electron chi connectivity index (χ0n) is 14.4. The number of benzene rings is 2. The van der Waals surface area contributed by atoms with Crippen LogP contribution in [-0.2, 0) is 5.75 Å². The standard InChI is InChI=1S/C17H14N4O4S2/c1-10-3-11(2)5-13(4-10)16-18-19-17(27-16)26-9-12-6-14(20(22)23)8-15(7-12)21(24)25/h3-8H,9H2,1-2H3. The first kappa shape index (κ1) is 18.9. The molecule has 3 aromatic rings. The van der Waals surface area contributed by atoms with Crippen molar-refractivity contribution in [3.8, 4) is 10.6 Å². The molecule has 1 heterocycles. The van der Waals surface area contributed by atoms with Crippen molar-refractivity contribution in [1.29, 1.82) is 0 Å². The van der Waals surface area contributed by atoms with Gasteiger partial charge in [-0.05, 0) is 31.5 Å². The maximum absolute atomic E-state index is 11.0. The molecule has 8 nitrogen and oxygen atoms in total. The fourth-order valence-corrected chi connectivity index (χ4v) is 4.35. The highest BCUT2D eigenvalue weighted by atomic mass is 32.2. The Labute approximate surface area is 162 Å². The second kappa shape index (κ2) is 7.80. The van der Waals surface area contributed by atoms with E-state index in [2.05, 4.69) is 16.3 Å². The lowest BCUT2D eigenvalue weighted by atomic mass is 10.1. The molecule has 0 aliphatic carbocycles. The third kappa shape index (κ3) is 4.66. The number of hydrogen-bond acceptors (Lipinski definition) is 8. The number of aromatic nitrogens is 2. The summed E-state index contributed by atoms with van der Waals surface area (Å²) in [6, 6.07) is 9.78. The lowest BCUT2D eigenvalue weighted by molar-refractivity contribution is -0.394. The zero-order valence-corrected chi connectivity index (χ0v) is 16.0. The molecule has 0 aliphatic rings. The molecule has 0 atom stereocenters. The Morgan fingerprint density at radius 2 is 1.52 bits per heavy atom. The van der Waals surface area contributed by atoms with Crippen LogP contribution < -0.4 is 0 Å². The quantitative estimate of drug-likeness (QED) is 0.326. The largest absolute Gasteiger partial charge is 0.276 e. The van der Waals surface area contributed by atoms with Crippen LogP contribution in [0.4, 0.5) is 11.4 Å². The van der Waals surface area contributed by atoms with E-state index in [4.69, 9.17) is 0 Å². The lowest BCUT2D eigenvalue weighted by Crippen LogP contribution is -1.95. The van der Waals surface area contributed by atoms with Gasteiger partial charge in [-0.25, -0.2) is 0 Å². The molecule has 10 heteroatoms. The summed E-state index contributed by atoms with van der Waals surface area (Å²) in [7, 11) is 0. The Balaban J connectivity index is 1.79. The molecule has 138 valence electrons. The molecule has 3 rings (SSSR count). The van der Waals surface area contributed by atoms with Crippen LogP contribution in [0.1, 0.15) is 16.7 Å². The van der Waals surface area contributed by atoms with Crippen LogP contribution in [0.15, 0.2) is 40.7 Å². The molecule has 0 spiro atoms. The minimum Gasteiger partial charge on any atom is -0.258 e. The average molecular weight is 402 g/mol. The summed E-state index contributed by atoms with van der Waals surface area (Å²) in [6.45, 7) is 4.03. The summed E-state index contributed by atoms with van der Waals surface area (Å²) in [4.78, 5) is 20.7. The minimum atomic E-state index is -0.635.